The van der Waals surface area contributed by atoms with Crippen LogP contribution in [0.1, 0.15) is 25.3 Å². The van der Waals surface area contributed by atoms with Gasteiger partial charge in [0.25, 0.3) is 0 Å². The first kappa shape index (κ1) is 12.5. The second-order valence-corrected chi connectivity index (χ2v) is 5.09. The monoisotopic (exact) mass is 236 g/mol. The molecule has 1 heterocycles. The Bertz CT molecular complexity index is 350. The van der Waals surface area contributed by atoms with Crippen LogP contribution in [0.4, 0.5) is 4.39 Å². The van der Waals surface area contributed by atoms with E-state index in [2.05, 4.69) is 11.8 Å². The number of hydrogen-bond donors (Lipinski definition) is 1. The Labute approximate surface area is 103 Å². The Kier molecular flexibility index (Phi) is 4.13. The number of rotatable bonds is 3. The molecule has 2 nitrogen and oxygen atoms in total. The van der Waals surface area contributed by atoms with Crippen LogP contribution in [0.15, 0.2) is 24.3 Å². The number of benzene rings is 1. The van der Waals surface area contributed by atoms with Gasteiger partial charge in [-0.25, -0.2) is 4.39 Å². The molecular formula is C14H21FN2. The largest absolute Gasteiger partial charge is 0.327 e. The molecule has 1 aliphatic rings. The quantitative estimate of drug-likeness (QED) is 0.873. The van der Waals surface area contributed by atoms with E-state index in [-0.39, 0.29) is 11.9 Å². The molecule has 0 aromatic heterocycles. The maximum absolute atomic E-state index is 12.8. The van der Waals surface area contributed by atoms with Gasteiger partial charge in [0, 0.05) is 25.7 Å². The molecule has 1 saturated heterocycles. The minimum Gasteiger partial charge on any atom is -0.327 e. The average Bonchev–Trinajstić information content (AvgIpc) is 2.31. The molecule has 0 radical (unpaired) electrons. The van der Waals surface area contributed by atoms with Gasteiger partial charge in [-0.2, -0.15) is 0 Å². The second-order valence-electron chi connectivity index (χ2n) is 5.09. The van der Waals surface area contributed by atoms with Crippen LogP contribution in [-0.4, -0.2) is 24.0 Å². The maximum Gasteiger partial charge on any atom is 0.123 e. The topological polar surface area (TPSA) is 29.3 Å². The van der Waals surface area contributed by atoms with Gasteiger partial charge >= 0.3 is 0 Å². The Balaban J connectivity index is 1.95. The van der Waals surface area contributed by atoms with Crippen molar-refractivity contribution in [2.45, 2.75) is 32.4 Å². The molecule has 0 aliphatic carbocycles. The normalized spacial score (nSPS) is 26.1. The molecular weight excluding hydrogens is 215 g/mol. The lowest BCUT2D eigenvalue weighted by molar-refractivity contribution is 0.147. The van der Waals surface area contributed by atoms with E-state index in [0.29, 0.717) is 5.92 Å². The maximum atomic E-state index is 12.8. The van der Waals surface area contributed by atoms with Crippen LogP contribution < -0.4 is 5.73 Å². The van der Waals surface area contributed by atoms with Gasteiger partial charge < -0.3 is 5.73 Å². The van der Waals surface area contributed by atoms with E-state index in [1.54, 1.807) is 0 Å². The highest BCUT2D eigenvalue weighted by Gasteiger charge is 2.23. The molecule has 94 valence electrons. The minimum absolute atomic E-state index is 0.171. The van der Waals surface area contributed by atoms with Crippen molar-refractivity contribution >= 4 is 0 Å². The van der Waals surface area contributed by atoms with Crippen molar-refractivity contribution in [1.29, 1.82) is 0 Å². The Morgan fingerprint density at radius 3 is 2.65 bits per heavy atom. The predicted octanol–water partition coefficient (Wildman–Crippen LogP) is 2.38. The fourth-order valence-corrected chi connectivity index (χ4v) is 2.62. The first-order valence-electron chi connectivity index (χ1n) is 6.39. The molecule has 0 saturated carbocycles. The van der Waals surface area contributed by atoms with E-state index in [1.807, 2.05) is 12.1 Å². The van der Waals surface area contributed by atoms with Gasteiger partial charge in [-0.05, 0) is 30.0 Å². The third-order valence-corrected chi connectivity index (χ3v) is 3.54. The van der Waals surface area contributed by atoms with Gasteiger partial charge in [0.15, 0.2) is 0 Å². The van der Waals surface area contributed by atoms with Crippen molar-refractivity contribution in [3.8, 4) is 0 Å². The molecule has 0 amide bonds. The van der Waals surface area contributed by atoms with Crippen LogP contribution >= 0.6 is 0 Å². The van der Waals surface area contributed by atoms with Gasteiger partial charge in [0.1, 0.15) is 5.82 Å². The van der Waals surface area contributed by atoms with Gasteiger partial charge in [0.2, 0.25) is 0 Å². The zero-order valence-electron chi connectivity index (χ0n) is 10.4. The summed E-state index contributed by atoms with van der Waals surface area (Å²) in [5, 5.41) is 0. The molecule has 2 N–H and O–H groups in total. The van der Waals surface area contributed by atoms with Crippen LogP contribution in [-0.2, 0) is 6.54 Å². The number of likely N-dealkylation sites (tertiary alicyclic amines) is 1. The van der Waals surface area contributed by atoms with E-state index in [9.17, 15) is 4.39 Å². The van der Waals surface area contributed by atoms with Crippen LogP contribution in [0, 0.1) is 11.7 Å². The molecule has 0 spiro atoms. The summed E-state index contributed by atoms with van der Waals surface area (Å²) < 4.78 is 12.8. The Morgan fingerprint density at radius 1 is 1.29 bits per heavy atom. The molecule has 1 aromatic rings. The first-order chi connectivity index (χ1) is 8.17. The molecule has 1 aliphatic heterocycles. The summed E-state index contributed by atoms with van der Waals surface area (Å²) in [6.07, 6.45) is 2.32. The number of halogens is 1. The smallest absolute Gasteiger partial charge is 0.123 e. The number of nitrogens with two attached hydrogens (primary N) is 1. The molecule has 17 heavy (non-hydrogen) atoms. The summed E-state index contributed by atoms with van der Waals surface area (Å²) in [7, 11) is 0. The van der Waals surface area contributed by atoms with Crippen molar-refractivity contribution in [2.75, 3.05) is 13.1 Å². The van der Waals surface area contributed by atoms with Crippen LogP contribution in [0.3, 0.4) is 0 Å². The molecule has 2 atom stereocenters. The zero-order chi connectivity index (χ0) is 12.3. The third kappa shape index (κ3) is 3.51. The highest BCUT2D eigenvalue weighted by atomic mass is 19.1. The van der Waals surface area contributed by atoms with E-state index < -0.39 is 0 Å². The van der Waals surface area contributed by atoms with Crippen molar-refractivity contribution < 1.29 is 4.39 Å². The highest BCUT2D eigenvalue weighted by molar-refractivity contribution is 5.16. The fourth-order valence-electron chi connectivity index (χ4n) is 2.62. The third-order valence-electron chi connectivity index (χ3n) is 3.54. The van der Waals surface area contributed by atoms with E-state index in [1.165, 1.54) is 18.6 Å². The van der Waals surface area contributed by atoms with Crippen molar-refractivity contribution in [1.82, 2.24) is 4.90 Å². The molecule has 1 fully saturated rings. The van der Waals surface area contributed by atoms with Crippen LogP contribution in [0.2, 0.25) is 0 Å². The zero-order valence-corrected chi connectivity index (χ0v) is 10.4. The molecule has 1 aromatic carbocycles. The molecule has 0 bridgehead atoms. The van der Waals surface area contributed by atoms with E-state index in [0.717, 1.165) is 31.6 Å². The highest BCUT2D eigenvalue weighted by Crippen LogP contribution is 2.20. The Hall–Kier alpha value is -0.930. The van der Waals surface area contributed by atoms with Crippen molar-refractivity contribution in [3.05, 3.63) is 35.6 Å². The van der Waals surface area contributed by atoms with Gasteiger partial charge in [-0.3, -0.25) is 4.90 Å². The van der Waals surface area contributed by atoms with E-state index >= 15 is 0 Å². The van der Waals surface area contributed by atoms with Crippen molar-refractivity contribution in [3.63, 3.8) is 0 Å². The summed E-state index contributed by atoms with van der Waals surface area (Å²) in [6, 6.07) is 7.05. The van der Waals surface area contributed by atoms with Crippen LogP contribution in [0.25, 0.3) is 0 Å². The standard InChI is InChI=1S/C14H21FN2/c1-2-11-7-14(16)10-17(8-11)9-12-3-5-13(15)6-4-12/h3-6,11,14H,2,7-10,16H2,1H3. The fraction of sp³-hybridized carbons (Fsp3) is 0.571. The predicted molar refractivity (Wildman–Crippen MR) is 68.1 cm³/mol. The van der Waals surface area contributed by atoms with Crippen LogP contribution in [0.5, 0.6) is 0 Å². The number of nitrogens with zero attached hydrogens (tertiary/aromatic N) is 1. The summed E-state index contributed by atoms with van der Waals surface area (Å²) >= 11 is 0. The summed E-state index contributed by atoms with van der Waals surface area (Å²) in [5.41, 5.74) is 7.23. The van der Waals surface area contributed by atoms with Crippen molar-refractivity contribution in [2.24, 2.45) is 11.7 Å². The Morgan fingerprint density at radius 2 is 2.00 bits per heavy atom. The summed E-state index contributed by atoms with van der Waals surface area (Å²) in [5.74, 6) is 0.537. The molecule has 2 rings (SSSR count). The number of hydrogen-bond acceptors (Lipinski definition) is 2. The summed E-state index contributed by atoms with van der Waals surface area (Å²) in [4.78, 5) is 2.38. The number of piperidine rings is 1. The van der Waals surface area contributed by atoms with E-state index in [4.69, 9.17) is 5.73 Å². The minimum atomic E-state index is -0.171. The average molecular weight is 236 g/mol. The second kappa shape index (κ2) is 5.61. The SMILES string of the molecule is CCC1CC(N)CN(Cc2ccc(F)cc2)C1. The lowest BCUT2D eigenvalue weighted by atomic mass is 9.92. The molecule has 3 heteroatoms. The van der Waals surface area contributed by atoms with Gasteiger partial charge in [-0.1, -0.05) is 25.5 Å². The van der Waals surface area contributed by atoms with Gasteiger partial charge in [0.05, 0.1) is 0 Å². The first-order valence-corrected chi connectivity index (χ1v) is 6.39. The lowest BCUT2D eigenvalue weighted by Gasteiger charge is -2.36. The molecule has 2 unspecified atom stereocenters. The summed E-state index contributed by atoms with van der Waals surface area (Å²) in [6.45, 7) is 5.17. The lowest BCUT2D eigenvalue weighted by Crippen LogP contribution is -2.46. The van der Waals surface area contributed by atoms with Gasteiger partial charge in [-0.15, -0.1) is 0 Å².